The molecular weight excluding hydrogens is 252 g/mol. The number of hydrogen-bond acceptors (Lipinski definition) is 2. The monoisotopic (exact) mass is 278 g/mol. The summed E-state index contributed by atoms with van der Waals surface area (Å²) in [7, 11) is 1.80. The summed E-state index contributed by atoms with van der Waals surface area (Å²) in [5.41, 5.74) is 1.12. The number of nitrogens with zero attached hydrogens (tertiary/aromatic N) is 1. The number of carbonyl (C=O) groups excluding carboxylic acids is 1. The van der Waals surface area contributed by atoms with Crippen molar-refractivity contribution in [2.24, 2.45) is 5.92 Å². The quantitative estimate of drug-likeness (QED) is 0.833. The lowest BCUT2D eigenvalue weighted by molar-refractivity contribution is 0.0937. The Morgan fingerprint density at radius 3 is 2.45 bits per heavy atom. The molecule has 1 atom stereocenters. The molecule has 1 aromatic carbocycles. The van der Waals surface area contributed by atoms with Gasteiger partial charge >= 0.3 is 6.03 Å². The molecule has 0 aromatic heterocycles. The molecule has 2 amide bonds. The minimum atomic E-state index is -0.0745. The topological polar surface area (TPSA) is 41.6 Å². The van der Waals surface area contributed by atoms with Gasteiger partial charge in [-0.15, -0.1) is 0 Å². The lowest BCUT2D eigenvalue weighted by Crippen LogP contribution is -2.43. The van der Waals surface area contributed by atoms with Crippen molar-refractivity contribution in [3.05, 3.63) is 35.9 Å². The highest BCUT2D eigenvalue weighted by atomic mass is 16.5. The van der Waals surface area contributed by atoms with Crippen LogP contribution in [-0.4, -0.2) is 37.2 Å². The van der Waals surface area contributed by atoms with Crippen LogP contribution in [0.5, 0.6) is 0 Å². The summed E-state index contributed by atoms with van der Waals surface area (Å²) in [6.45, 7) is 8.04. The van der Waals surface area contributed by atoms with E-state index in [2.05, 4.69) is 19.2 Å². The Bertz CT molecular complexity index is 393. The zero-order chi connectivity index (χ0) is 15.0. The van der Waals surface area contributed by atoms with E-state index in [9.17, 15) is 4.79 Å². The third-order valence-corrected chi connectivity index (χ3v) is 2.80. The van der Waals surface area contributed by atoms with Crippen molar-refractivity contribution >= 4 is 6.03 Å². The number of amides is 2. The standard InChI is InChI=1S/C16H26N2O2/c1-13(2)11-20-12-14(3)17-16(19)18(4)10-15-8-6-5-7-9-15/h5-9,13-14H,10-12H2,1-4H3,(H,17,19). The molecule has 0 spiro atoms. The maximum atomic E-state index is 12.0. The van der Waals surface area contributed by atoms with E-state index in [1.807, 2.05) is 37.3 Å². The Morgan fingerprint density at radius 1 is 1.20 bits per heavy atom. The van der Waals surface area contributed by atoms with Crippen LogP contribution in [0.1, 0.15) is 26.3 Å². The molecule has 1 rings (SSSR count). The first-order chi connectivity index (χ1) is 9.49. The molecule has 0 radical (unpaired) electrons. The minimum absolute atomic E-state index is 0.0134. The molecule has 4 heteroatoms. The van der Waals surface area contributed by atoms with Crippen LogP contribution in [0.15, 0.2) is 30.3 Å². The average molecular weight is 278 g/mol. The van der Waals surface area contributed by atoms with E-state index >= 15 is 0 Å². The zero-order valence-corrected chi connectivity index (χ0v) is 12.9. The second kappa shape index (κ2) is 8.59. The molecule has 20 heavy (non-hydrogen) atoms. The molecule has 0 saturated heterocycles. The van der Waals surface area contributed by atoms with Crippen LogP contribution in [0.25, 0.3) is 0 Å². The average Bonchev–Trinajstić information content (AvgIpc) is 2.39. The molecule has 0 saturated carbocycles. The van der Waals surface area contributed by atoms with E-state index < -0.39 is 0 Å². The van der Waals surface area contributed by atoms with Crippen molar-refractivity contribution in [1.29, 1.82) is 0 Å². The van der Waals surface area contributed by atoms with Gasteiger partial charge in [-0.2, -0.15) is 0 Å². The van der Waals surface area contributed by atoms with E-state index in [0.29, 0.717) is 19.1 Å². The number of urea groups is 1. The van der Waals surface area contributed by atoms with Crippen molar-refractivity contribution < 1.29 is 9.53 Å². The predicted molar refractivity (Wildman–Crippen MR) is 81.6 cm³/mol. The maximum absolute atomic E-state index is 12.0. The molecule has 0 aliphatic rings. The van der Waals surface area contributed by atoms with Crippen LogP contribution in [0.4, 0.5) is 4.79 Å². The van der Waals surface area contributed by atoms with Crippen molar-refractivity contribution in [2.45, 2.75) is 33.4 Å². The smallest absolute Gasteiger partial charge is 0.317 e. The largest absolute Gasteiger partial charge is 0.379 e. The molecule has 0 bridgehead atoms. The Kier molecular flexibility index (Phi) is 7.09. The number of benzene rings is 1. The van der Waals surface area contributed by atoms with E-state index in [-0.39, 0.29) is 12.1 Å². The van der Waals surface area contributed by atoms with E-state index in [4.69, 9.17) is 4.74 Å². The SMILES string of the molecule is CC(C)COCC(C)NC(=O)N(C)Cc1ccccc1. The predicted octanol–water partition coefficient (Wildman–Crippen LogP) is 2.89. The number of ether oxygens (including phenoxy) is 1. The van der Waals surface area contributed by atoms with Gasteiger partial charge in [0.15, 0.2) is 0 Å². The van der Waals surface area contributed by atoms with Gasteiger partial charge in [0, 0.05) is 20.2 Å². The van der Waals surface area contributed by atoms with E-state index in [1.54, 1.807) is 11.9 Å². The van der Waals surface area contributed by atoms with Crippen LogP contribution < -0.4 is 5.32 Å². The van der Waals surface area contributed by atoms with E-state index in [0.717, 1.165) is 12.2 Å². The van der Waals surface area contributed by atoms with Gasteiger partial charge in [-0.25, -0.2) is 4.79 Å². The van der Waals surface area contributed by atoms with Crippen LogP contribution >= 0.6 is 0 Å². The number of rotatable bonds is 7. The van der Waals surface area contributed by atoms with Gasteiger partial charge in [-0.05, 0) is 18.4 Å². The van der Waals surface area contributed by atoms with Crippen LogP contribution in [0.3, 0.4) is 0 Å². The van der Waals surface area contributed by atoms with Crippen LogP contribution in [-0.2, 0) is 11.3 Å². The van der Waals surface area contributed by atoms with Gasteiger partial charge in [0.25, 0.3) is 0 Å². The molecule has 0 aliphatic heterocycles. The normalized spacial score (nSPS) is 12.2. The van der Waals surface area contributed by atoms with E-state index in [1.165, 1.54) is 0 Å². The Morgan fingerprint density at radius 2 is 1.85 bits per heavy atom. The summed E-state index contributed by atoms with van der Waals surface area (Å²) in [5, 5.41) is 2.94. The summed E-state index contributed by atoms with van der Waals surface area (Å²) in [6, 6.07) is 9.89. The number of hydrogen-bond donors (Lipinski definition) is 1. The molecule has 1 unspecified atom stereocenters. The molecular formula is C16H26N2O2. The van der Waals surface area contributed by atoms with Crippen molar-refractivity contribution in [3.8, 4) is 0 Å². The third kappa shape index (κ3) is 6.57. The molecule has 0 fully saturated rings. The van der Waals surface area contributed by atoms with Gasteiger partial charge in [0.2, 0.25) is 0 Å². The summed E-state index contributed by atoms with van der Waals surface area (Å²) in [4.78, 5) is 13.7. The Hall–Kier alpha value is -1.55. The summed E-state index contributed by atoms with van der Waals surface area (Å²) in [5.74, 6) is 0.513. The van der Waals surface area contributed by atoms with Crippen molar-refractivity contribution in [1.82, 2.24) is 10.2 Å². The zero-order valence-electron chi connectivity index (χ0n) is 12.9. The minimum Gasteiger partial charge on any atom is -0.379 e. The summed E-state index contributed by atoms with van der Waals surface area (Å²) in [6.07, 6.45) is 0. The fourth-order valence-electron chi connectivity index (χ4n) is 1.77. The Balaban J connectivity index is 2.30. The number of carbonyl (C=O) groups is 1. The lowest BCUT2D eigenvalue weighted by atomic mass is 10.2. The fourth-order valence-corrected chi connectivity index (χ4v) is 1.77. The molecule has 1 aromatic rings. The molecule has 112 valence electrons. The summed E-state index contributed by atoms with van der Waals surface area (Å²) < 4.78 is 5.52. The summed E-state index contributed by atoms with van der Waals surface area (Å²) >= 11 is 0. The van der Waals surface area contributed by atoms with Crippen molar-refractivity contribution in [2.75, 3.05) is 20.3 Å². The number of nitrogens with one attached hydrogen (secondary N) is 1. The molecule has 0 heterocycles. The highest BCUT2D eigenvalue weighted by Crippen LogP contribution is 2.03. The lowest BCUT2D eigenvalue weighted by Gasteiger charge is -2.21. The highest BCUT2D eigenvalue weighted by Gasteiger charge is 2.12. The molecule has 4 nitrogen and oxygen atoms in total. The second-order valence-electron chi connectivity index (χ2n) is 5.62. The fraction of sp³-hybridized carbons (Fsp3) is 0.562. The molecule has 1 N–H and O–H groups in total. The van der Waals surface area contributed by atoms with Gasteiger partial charge in [0.05, 0.1) is 12.6 Å². The first-order valence-electron chi connectivity index (χ1n) is 7.12. The van der Waals surface area contributed by atoms with Gasteiger partial charge in [0.1, 0.15) is 0 Å². The molecule has 0 aliphatic carbocycles. The highest BCUT2D eigenvalue weighted by molar-refractivity contribution is 5.74. The van der Waals surface area contributed by atoms with Crippen molar-refractivity contribution in [3.63, 3.8) is 0 Å². The third-order valence-electron chi connectivity index (χ3n) is 2.80. The second-order valence-corrected chi connectivity index (χ2v) is 5.62. The first kappa shape index (κ1) is 16.5. The van der Waals surface area contributed by atoms with Gasteiger partial charge in [-0.1, -0.05) is 44.2 Å². The van der Waals surface area contributed by atoms with Gasteiger partial charge < -0.3 is 15.0 Å². The maximum Gasteiger partial charge on any atom is 0.317 e. The first-order valence-corrected chi connectivity index (χ1v) is 7.12. The van der Waals surface area contributed by atoms with Gasteiger partial charge in [-0.3, -0.25) is 0 Å². The van der Waals surface area contributed by atoms with Crippen LogP contribution in [0, 0.1) is 5.92 Å². The Labute approximate surface area is 122 Å². The van der Waals surface area contributed by atoms with Crippen LogP contribution in [0.2, 0.25) is 0 Å².